The molecule has 24 heavy (non-hydrogen) atoms. The van der Waals surface area contributed by atoms with Gasteiger partial charge in [0, 0.05) is 5.39 Å². The maximum absolute atomic E-state index is 13.4. The molecular weight excluding hydrogens is 298 g/mol. The Morgan fingerprint density at radius 3 is 2.12 bits per heavy atom. The third-order valence-corrected chi connectivity index (χ3v) is 4.83. The first kappa shape index (κ1) is 16.2. The van der Waals surface area contributed by atoms with Crippen LogP contribution >= 0.6 is 0 Å². The molecule has 0 atom stereocenters. The maximum Gasteiger partial charge on any atom is 0.354 e. The zero-order valence-corrected chi connectivity index (χ0v) is 14.0. The Hall–Kier alpha value is -2.65. The molecule has 3 heteroatoms. The maximum atomic E-state index is 13.4. The number of rotatable bonds is 4. The number of benzene rings is 3. The Labute approximate surface area is 142 Å². The van der Waals surface area contributed by atoms with Crippen LogP contribution in [0.5, 0.6) is 5.75 Å². The largest absolute Gasteiger partial charge is 0.354 e. The monoisotopic (exact) mass is 319 g/mol. The van der Waals surface area contributed by atoms with Crippen molar-refractivity contribution >= 4 is 22.4 Å². The SMILES string of the molecule is CC[N+](CC)(C(=O)c1ccc2ccccc2c1[O])c1ccccc1. The highest BCUT2D eigenvalue weighted by atomic mass is 16.3. The van der Waals surface area contributed by atoms with Crippen molar-refractivity contribution in [3.8, 4) is 5.75 Å². The van der Waals surface area contributed by atoms with E-state index >= 15 is 0 Å². The van der Waals surface area contributed by atoms with Crippen LogP contribution in [0.3, 0.4) is 0 Å². The van der Waals surface area contributed by atoms with Crippen LogP contribution in [0.4, 0.5) is 5.69 Å². The summed E-state index contributed by atoms with van der Waals surface area (Å²) in [6.45, 7) is 5.18. The normalized spacial score (nSPS) is 11.6. The van der Waals surface area contributed by atoms with E-state index in [-0.39, 0.29) is 21.7 Å². The molecule has 0 N–H and O–H groups in total. The zero-order chi connectivity index (χ0) is 17.2. The van der Waals surface area contributed by atoms with Gasteiger partial charge in [-0.15, -0.1) is 0 Å². The van der Waals surface area contributed by atoms with Gasteiger partial charge in [-0.2, -0.15) is 0 Å². The fourth-order valence-corrected chi connectivity index (χ4v) is 3.35. The molecule has 3 nitrogen and oxygen atoms in total. The summed E-state index contributed by atoms with van der Waals surface area (Å²) in [5.74, 6) is -0.319. The minimum absolute atomic E-state index is 0.137. The first-order valence-electron chi connectivity index (χ1n) is 8.30. The summed E-state index contributed by atoms with van der Waals surface area (Å²) in [5, 5.41) is 14.3. The number of hydrogen-bond donors (Lipinski definition) is 0. The Kier molecular flexibility index (Phi) is 4.36. The van der Waals surface area contributed by atoms with Gasteiger partial charge in [-0.3, -0.25) is 5.11 Å². The molecule has 0 unspecified atom stereocenters. The number of carbonyl (C=O) groups is 1. The summed E-state index contributed by atoms with van der Waals surface area (Å²) in [5.41, 5.74) is 1.18. The lowest BCUT2D eigenvalue weighted by molar-refractivity contribution is 0.0774. The van der Waals surface area contributed by atoms with Crippen LogP contribution < -0.4 is 4.48 Å². The minimum Gasteiger partial charge on any atom is -0.288 e. The molecule has 0 aromatic heterocycles. The molecule has 0 fully saturated rings. The van der Waals surface area contributed by atoms with E-state index in [0.29, 0.717) is 18.5 Å². The van der Waals surface area contributed by atoms with Crippen LogP contribution in [-0.2, 0) is 5.11 Å². The summed E-state index contributed by atoms with van der Waals surface area (Å²) in [6, 6.07) is 20.6. The summed E-state index contributed by atoms with van der Waals surface area (Å²) < 4.78 is 0.147. The van der Waals surface area contributed by atoms with E-state index in [1.54, 1.807) is 12.1 Å². The van der Waals surface area contributed by atoms with E-state index in [0.717, 1.165) is 11.1 Å². The predicted molar refractivity (Wildman–Crippen MR) is 97.7 cm³/mol. The molecule has 121 valence electrons. The Morgan fingerprint density at radius 2 is 1.46 bits per heavy atom. The molecule has 1 radical (unpaired) electrons. The molecule has 0 aliphatic carbocycles. The Balaban J connectivity index is 2.17. The predicted octanol–water partition coefficient (Wildman–Crippen LogP) is 5.17. The highest BCUT2D eigenvalue weighted by Gasteiger charge is 2.38. The van der Waals surface area contributed by atoms with Crippen LogP contribution in [0.15, 0.2) is 66.7 Å². The first-order valence-corrected chi connectivity index (χ1v) is 8.30. The van der Waals surface area contributed by atoms with E-state index in [9.17, 15) is 9.90 Å². The smallest absolute Gasteiger partial charge is 0.288 e. The van der Waals surface area contributed by atoms with E-state index < -0.39 is 0 Å². The van der Waals surface area contributed by atoms with Gasteiger partial charge in [-0.25, -0.2) is 9.28 Å². The number of hydrogen-bond acceptors (Lipinski definition) is 1. The van der Waals surface area contributed by atoms with Crippen molar-refractivity contribution in [1.82, 2.24) is 4.48 Å². The van der Waals surface area contributed by atoms with Crippen molar-refractivity contribution in [2.24, 2.45) is 0 Å². The second-order valence-corrected chi connectivity index (χ2v) is 5.90. The fraction of sp³-hybridized carbons (Fsp3) is 0.190. The number of nitrogens with zero attached hydrogens (tertiary/aromatic N) is 1. The average molecular weight is 319 g/mol. The third kappa shape index (κ3) is 2.47. The van der Waals surface area contributed by atoms with Crippen LogP contribution in [0, 0.1) is 0 Å². The Morgan fingerprint density at radius 1 is 0.833 bits per heavy atom. The van der Waals surface area contributed by atoms with E-state index in [4.69, 9.17) is 0 Å². The van der Waals surface area contributed by atoms with Gasteiger partial charge in [-0.1, -0.05) is 48.5 Å². The molecule has 0 aliphatic heterocycles. The molecule has 1 amide bonds. The van der Waals surface area contributed by atoms with Crippen LogP contribution in [0.1, 0.15) is 24.2 Å². The number of fused-ring (bicyclic) bond motifs is 1. The van der Waals surface area contributed by atoms with Crippen LogP contribution in [0.2, 0.25) is 0 Å². The molecule has 0 spiro atoms. The first-order chi connectivity index (χ1) is 11.6. The van der Waals surface area contributed by atoms with Gasteiger partial charge in [0.15, 0.2) is 0 Å². The standard InChI is InChI=1S/C21H21NO2/c1-3-22(4-2,17-11-6-5-7-12-17)21(24)19-15-14-16-10-8-9-13-18(16)20(19)23/h5-15H,3-4H2,1-2H3/q+1. The molecule has 0 bridgehead atoms. The molecule has 0 saturated carbocycles. The number of carbonyl (C=O) groups excluding carboxylic acids is 1. The second-order valence-electron chi connectivity index (χ2n) is 5.90. The van der Waals surface area contributed by atoms with Gasteiger partial charge in [0.2, 0.25) is 5.75 Å². The summed E-state index contributed by atoms with van der Waals surface area (Å²) in [6.07, 6.45) is 0. The number of quaternary nitrogens is 1. The van der Waals surface area contributed by atoms with Crippen molar-refractivity contribution in [3.05, 3.63) is 72.3 Å². The molecule has 0 saturated heterocycles. The molecule has 3 aromatic carbocycles. The van der Waals surface area contributed by atoms with Gasteiger partial charge in [0.25, 0.3) is 0 Å². The van der Waals surface area contributed by atoms with Crippen molar-refractivity contribution in [2.45, 2.75) is 13.8 Å². The molecule has 3 aromatic rings. The zero-order valence-electron chi connectivity index (χ0n) is 14.0. The topological polar surface area (TPSA) is 37.0 Å². The summed E-state index contributed by atoms with van der Waals surface area (Å²) >= 11 is 0. The van der Waals surface area contributed by atoms with Crippen molar-refractivity contribution in [1.29, 1.82) is 0 Å². The average Bonchev–Trinajstić information content (AvgIpc) is 2.64. The van der Waals surface area contributed by atoms with Gasteiger partial charge >= 0.3 is 5.91 Å². The van der Waals surface area contributed by atoms with Crippen molar-refractivity contribution in [2.75, 3.05) is 13.1 Å². The summed E-state index contributed by atoms with van der Waals surface area (Å²) in [7, 11) is 0. The summed E-state index contributed by atoms with van der Waals surface area (Å²) in [4.78, 5) is 13.4. The van der Waals surface area contributed by atoms with Gasteiger partial charge < -0.3 is 0 Å². The lowest BCUT2D eigenvalue weighted by Crippen LogP contribution is -2.54. The van der Waals surface area contributed by atoms with Crippen LogP contribution in [-0.4, -0.2) is 19.0 Å². The van der Waals surface area contributed by atoms with Gasteiger partial charge in [0.05, 0.1) is 13.1 Å². The highest BCUT2D eigenvalue weighted by molar-refractivity contribution is 6.08. The highest BCUT2D eigenvalue weighted by Crippen LogP contribution is 2.34. The lowest BCUT2D eigenvalue weighted by Gasteiger charge is -2.33. The van der Waals surface area contributed by atoms with Crippen molar-refractivity contribution < 1.29 is 9.90 Å². The van der Waals surface area contributed by atoms with Gasteiger partial charge in [-0.05, 0) is 37.4 Å². The second kappa shape index (κ2) is 6.46. The third-order valence-electron chi connectivity index (χ3n) is 4.83. The number of para-hydroxylation sites is 1. The molecule has 3 rings (SSSR count). The van der Waals surface area contributed by atoms with Gasteiger partial charge in [0.1, 0.15) is 11.3 Å². The molecule has 0 heterocycles. The van der Waals surface area contributed by atoms with E-state index in [2.05, 4.69) is 0 Å². The van der Waals surface area contributed by atoms with E-state index in [1.165, 1.54) is 0 Å². The number of amides is 1. The quantitative estimate of drug-likeness (QED) is 0.611. The lowest BCUT2D eigenvalue weighted by atomic mass is 10.0. The Bertz CT molecular complexity index is 867. The fourth-order valence-electron chi connectivity index (χ4n) is 3.35. The molecular formula is C21H21NO2+. The minimum atomic E-state index is -0.182. The molecule has 0 aliphatic rings. The van der Waals surface area contributed by atoms with Crippen LogP contribution in [0.25, 0.3) is 10.8 Å². The van der Waals surface area contributed by atoms with E-state index in [1.807, 2.05) is 68.4 Å². The van der Waals surface area contributed by atoms with Crippen molar-refractivity contribution in [3.63, 3.8) is 0 Å².